The molecule has 2 atom stereocenters. The third kappa shape index (κ3) is 3.92. The number of rotatable bonds is 5. The molecule has 1 aromatic rings. The third-order valence-corrected chi connectivity index (χ3v) is 3.86. The molecule has 0 aliphatic carbocycles. The Hall–Kier alpha value is -1.73. The molecule has 2 rings (SSSR count). The fourth-order valence-corrected chi connectivity index (χ4v) is 2.66. The number of amides is 1. The maximum absolute atomic E-state index is 12.5. The Morgan fingerprint density at radius 1 is 1.41 bits per heavy atom. The second kappa shape index (κ2) is 7.51. The Labute approximate surface area is 128 Å². The average Bonchev–Trinajstić information content (AvgIpc) is 2.53. The number of piperidine rings is 1. The first-order valence-electron chi connectivity index (χ1n) is 7.13. The zero-order valence-electron chi connectivity index (χ0n) is 12.4. The van der Waals surface area contributed by atoms with Gasteiger partial charge in [0.05, 0.1) is 6.10 Å². The second-order valence-electron chi connectivity index (χ2n) is 5.17. The van der Waals surface area contributed by atoms with E-state index >= 15 is 0 Å². The molecule has 5 nitrogen and oxygen atoms in total. The monoisotopic (exact) mass is 314 g/mol. The molecule has 0 radical (unpaired) electrons. The van der Waals surface area contributed by atoms with Crippen molar-refractivity contribution in [2.45, 2.75) is 31.6 Å². The minimum Gasteiger partial charge on any atom is -0.435 e. The van der Waals surface area contributed by atoms with Crippen LogP contribution >= 0.6 is 0 Å². The van der Waals surface area contributed by atoms with Crippen LogP contribution in [0.5, 0.6) is 5.75 Å². The molecule has 0 bridgehead atoms. The number of methoxy groups -OCH3 is 1. The summed E-state index contributed by atoms with van der Waals surface area (Å²) in [5, 5.41) is 0. The van der Waals surface area contributed by atoms with E-state index in [1.54, 1.807) is 12.0 Å². The largest absolute Gasteiger partial charge is 0.435 e. The molecule has 122 valence electrons. The van der Waals surface area contributed by atoms with Gasteiger partial charge in [-0.05, 0) is 37.1 Å². The number of carbonyl (C=O) groups excluding carboxylic acids is 1. The van der Waals surface area contributed by atoms with E-state index in [4.69, 9.17) is 10.5 Å². The fourth-order valence-electron chi connectivity index (χ4n) is 2.66. The van der Waals surface area contributed by atoms with Crippen molar-refractivity contribution < 1.29 is 23.0 Å². The van der Waals surface area contributed by atoms with Crippen molar-refractivity contribution >= 4 is 5.91 Å². The van der Waals surface area contributed by atoms with Gasteiger partial charge in [0.2, 0.25) is 0 Å². The first-order chi connectivity index (χ1) is 10.5. The number of carbonyl (C=O) groups is 1. The molecule has 1 amide bonds. The van der Waals surface area contributed by atoms with E-state index in [1.165, 1.54) is 24.3 Å². The summed E-state index contributed by atoms with van der Waals surface area (Å²) >= 11 is 0. The molecule has 0 saturated carbocycles. The zero-order valence-corrected chi connectivity index (χ0v) is 12.4. The van der Waals surface area contributed by atoms with Crippen molar-refractivity contribution in [1.29, 1.82) is 0 Å². The number of alkyl halides is 2. The quantitative estimate of drug-likeness (QED) is 0.901. The molecule has 1 aromatic carbocycles. The highest BCUT2D eigenvalue weighted by molar-refractivity contribution is 5.94. The van der Waals surface area contributed by atoms with E-state index in [0.717, 1.165) is 6.42 Å². The number of nitrogens with two attached hydrogens (primary N) is 1. The van der Waals surface area contributed by atoms with Crippen LogP contribution in [0.4, 0.5) is 8.78 Å². The van der Waals surface area contributed by atoms with Gasteiger partial charge in [0.1, 0.15) is 5.75 Å². The van der Waals surface area contributed by atoms with E-state index in [2.05, 4.69) is 4.74 Å². The molecule has 2 N–H and O–H groups in total. The van der Waals surface area contributed by atoms with Gasteiger partial charge in [0, 0.05) is 31.8 Å². The molecule has 1 aliphatic heterocycles. The van der Waals surface area contributed by atoms with Crippen LogP contribution in [0.3, 0.4) is 0 Å². The summed E-state index contributed by atoms with van der Waals surface area (Å²) in [4.78, 5) is 14.3. The highest BCUT2D eigenvalue weighted by Gasteiger charge is 2.31. The van der Waals surface area contributed by atoms with E-state index in [-0.39, 0.29) is 23.8 Å². The minimum atomic E-state index is -2.88. The van der Waals surface area contributed by atoms with Gasteiger partial charge >= 0.3 is 6.61 Å². The molecular formula is C15H20F2N2O3. The molecule has 0 spiro atoms. The topological polar surface area (TPSA) is 64.8 Å². The zero-order chi connectivity index (χ0) is 16.1. The van der Waals surface area contributed by atoms with Gasteiger partial charge in [-0.15, -0.1) is 0 Å². The molecule has 1 saturated heterocycles. The number of halogens is 2. The summed E-state index contributed by atoms with van der Waals surface area (Å²) in [7, 11) is 1.65. The number of hydrogen-bond acceptors (Lipinski definition) is 4. The Balaban J connectivity index is 2.06. The van der Waals surface area contributed by atoms with Crippen LogP contribution in [0, 0.1) is 0 Å². The molecule has 0 aromatic heterocycles. The van der Waals surface area contributed by atoms with Crippen LogP contribution in [-0.2, 0) is 4.74 Å². The standard InChI is InChI=1S/C15H20F2N2O3/c1-21-13-6-7-19(11(8-13)9-18)14(20)10-2-4-12(5-3-10)22-15(16)17/h2-5,11,13,15H,6-9,18H2,1H3. The van der Waals surface area contributed by atoms with Crippen molar-refractivity contribution in [3.05, 3.63) is 29.8 Å². The minimum absolute atomic E-state index is 0.0278. The second-order valence-corrected chi connectivity index (χ2v) is 5.17. The number of benzene rings is 1. The summed E-state index contributed by atoms with van der Waals surface area (Å²) in [5.74, 6) is -0.131. The number of ether oxygens (including phenoxy) is 2. The molecular weight excluding hydrogens is 294 g/mol. The van der Waals surface area contributed by atoms with Crippen LogP contribution in [0.2, 0.25) is 0 Å². The first-order valence-corrected chi connectivity index (χ1v) is 7.13. The van der Waals surface area contributed by atoms with Crippen molar-refractivity contribution in [3.8, 4) is 5.75 Å². The van der Waals surface area contributed by atoms with Gasteiger partial charge in [0.25, 0.3) is 5.91 Å². The van der Waals surface area contributed by atoms with Crippen LogP contribution in [0.1, 0.15) is 23.2 Å². The van der Waals surface area contributed by atoms with Crippen LogP contribution in [0.25, 0.3) is 0 Å². The molecule has 1 aliphatic rings. The molecule has 22 heavy (non-hydrogen) atoms. The van der Waals surface area contributed by atoms with Gasteiger partial charge in [-0.1, -0.05) is 0 Å². The van der Waals surface area contributed by atoms with Gasteiger partial charge in [0.15, 0.2) is 0 Å². The maximum atomic E-state index is 12.5. The number of nitrogens with zero attached hydrogens (tertiary/aromatic N) is 1. The van der Waals surface area contributed by atoms with E-state index in [1.807, 2.05) is 0 Å². The fraction of sp³-hybridized carbons (Fsp3) is 0.533. The van der Waals surface area contributed by atoms with E-state index < -0.39 is 6.61 Å². The summed E-state index contributed by atoms with van der Waals surface area (Å²) in [6, 6.07) is 5.60. The van der Waals surface area contributed by atoms with Gasteiger partial charge in [-0.3, -0.25) is 4.79 Å². The normalized spacial score (nSPS) is 22.0. The van der Waals surface area contributed by atoms with Crippen molar-refractivity contribution in [2.24, 2.45) is 5.73 Å². The van der Waals surface area contributed by atoms with E-state index in [0.29, 0.717) is 25.1 Å². The molecule has 1 fully saturated rings. The summed E-state index contributed by atoms with van der Waals surface area (Å²) in [5.41, 5.74) is 6.18. The van der Waals surface area contributed by atoms with Crippen molar-refractivity contribution in [2.75, 3.05) is 20.2 Å². The van der Waals surface area contributed by atoms with Gasteiger partial charge in [-0.25, -0.2) is 0 Å². The third-order valence-electron chi connectivity index (χ3n) is 3.86. The highest BCUT2D eigenvalue weighted by Crippen LogP contribution is 2.22. The molecule has 1 heterocycles. The highest BCUT2D eigenvalue weighted by atomic mass is 19.3. The number of likely N-dealkylation sites (tertiary alicyclic amines) is 1. The lowest BCUT2D eigenvalue weighted by molar-refractivity contribution is -0.0498. The molecule has 7 heteroatoms. The summed E-state index contributed by atoms with van der Waals surface area (Å²) < 4.78 is 33.8. The summed E-state index contributed by atoms with van der Waals surface area (Å²) in [6.45, 7) is -1.96. The lowest BCUT2D eigenvalue weighted by atomic mass is 9.98. The van der Waals surface area contributed by atoms with Gasteiger partial charge < -0.3 is 20.1 Å². The van der Waals surface area contributed by atoms with Gasteiger partial charge in [-0.2, -0.15) is 8.78 Å². The smallest absolute Gasteiger partial charge is 0.387 e. The Morgan fingerprint density at radius 2 is 2.09 bits per heavy atom. The lowest BCUT2D eigenvalue weighted by Crippen LogP contribution is -2.51. The van der Waals surface area contributed by atoms with Crippen LogP contribution < -0.4 is 10.5 Å². The van der Waals surface area contributed by atoms with Crippen LogP contribution in [0.15, 0.2) is 24.3 Å². The lowest BCUT2D eigenvalue weighted by Gasteiger charge is -2.38. The van der Waals surface area contributed by atoms with Crippen molar-refractivity contribution in [1.82, 2.24) is 4.90 Å². The van der Waals surface area contributed by atoms with Crippen molar-refractivity contribution in [3.63, 3.8) is 0 Å². The Kier molecular flexibility index (Phi) is 5.68. The average molecular weight is 314 g/mol. The predicted molar refractivity (Wildman–Crippen MR) is 77.0 cm³/mol. The SMILES string of the molecule is COC1CCN(C(=O)c2ccc(OC(F)F)cc2)C(CN)C1. The Morgan fingerprint density at radius 3 is 2.64 bits per heavy atom. The Bertz CT molecular complexity index is 496. The number of hydrogen-bond donors (Lipinski definition) is 1. The van der Waals surface area contributed by atoms with E-state index in [9.17, 15) is 13.6 Å². The predicted octanol–water partition coefficient (Wildman–Crippen LogP) is 1.87. The maximum Gasteiger partial charge on any atom is 0.387 e. The first kappa shape index (κ1) is 16.6. The molecule has 2 unspecified atom stereocenters. The van der Waals surface area contributed by atoms with Crippen LogP contribution in [-0.4, -0.2) is 49.8 Å². The summed E-state index contributed by atoms with van der Waals surface area (Å²) in [6.07, 6.45) is 1.57.